The smallest absolute Gasteiger partial charge is 0.0104 e. The Balaban J connectivity index is 2.00. The predicted octanol–water partition coefficient (Wildman–Crippen LogP) is 2.89. The van der Waals surface area contributed by atoms with Gasteiger partial charge in [-0.3, -0.25) is 0 Å². The highest BCUT2D eigenvalue weighted by atomic mass is 15.1. The Morgan fingerprint density at radius 2 is 1.75 bits per heavy atom. The van der Waals surface area contributed by atoms with Crippen molar-refractivity contribution < 1.29 is 0 Å². The molecule has 2 heteroatoms. The third kappa shape index (κ3) is 6.49. The van der Waals surface area contributed by atoms with Gasteiger partial charge in [0.2, 0.25) is 0 Å². The summed E-state index contributed by atoms with van der Waals surface area (Å²) < 4.78 is 0. The Morgan fingerprint density at radius 1 is 1.12 bits per heavy atom. The van der Waals surface area contributed by atoms with Crippen LogP contribution >= 0.6 is 0 Å². The van der Waals surface area contributed by atoms with Crippen molar-refractivity contribution in [3.63, 3.8) is 0 Å². The van der Waals surface area contributed by atoms with Gasteiger partial charge < -0.3 is 10.2 Å². The molecule has 1 fully saturated rings. The van der Waals surface area contributed by atoms with Crippen LogP contribution < -0.4 is 5.32 Å². The van der Waals surface area contributed by atoms with Crippen LogP contribution in [0, 0.1) is 5.92 Å². The first-order valence-electron chi connectivity index (χ1n) is 6.91. The number of rotatable bonds is 6. The van der Waals surface area contributed by atoms with Gasteiger partial charge in [-0.15, -0.1) is 0 Å². The summed E-state index contributed by atoms with van der Waals surface area (Å²) in [6.45, 7) is 10.2. The standard InChI is InChI=1S/C14H30N2/c1-14(2,3)15-10-12-16(4)11-9-13-7-5-6-8-13/h13,15H,5-12H2,1-4H3. The summed E-state index contributed by atoms with van der Waals surface area (Å²) in [6.07, 6.45) is 7.31. The molecule has 0 aromatic heterocycles. The van der Waals surface area contributed by atoms with E-state index in [-0.39, 0.29) is 5.54 Å². The molecule has 1 aliphatic rings. The lowest BCUT2D eigenvalue weighted by Crippen LogP contribution is -2.40. The van der Waals surface area contributed by atoms with Gasteiger partial charge >= 0.3 is 0 Å². The van der Waals surface area contributed by atoms with Crippen LogP contribution in [0.15, 0.2) is 0 Å². The fourth-order valence-electron chi connectivity index (χ4n) is 2.44. The summed E-state index contributed by atoms with van der Waals surface area (Å²) in [4.78, 5) is 2.47. The Morgan fingerprint density at radius 3 is 2.31 bits per heavy atom. The molecule has 1 saturated carbocycles. The zero-order chi connectivity index (χ0) is 12.0. The van der Waals surface area contributed by atoms with Crippen molar-refractivity contribution in [3.8, 4) is 0 Å². The SMILES string of the molecule is CN(CCNC(C)(C)C)CCC1CCCC1. The summed E-state index contributed by atoms with van der Waals surface area (Å²) in [5.41, 5.74) is 0.256. The van der Waals surface area contributed by atoms with Crippen LogP contribution in [0.5, 0.6) is 0 Å². The highest BCUT2D eigenvalue weighted by molar-refractivity contribution is 4.72. The summed E-state index contributed by atoms with van der Waals surface area (Å²) in [5.74, 6) is 1.03. The van der Waals surface area contributed by atoms with Gasteiger partial charge in [0.15, 0.2) is 0 Å². The van der Waals surface area contributed by atoms with Crippen molar-refractivity contribution in [2.24, 2.45) is 5.92 Å². The lowest BCUT2D eigenvalue weighted by molar-refractivity contribution is 0.285. The molecule has 1 aliphatic carbocycles. The van der Waals surface area contributed by atoms with E-state index in [4.69, 9.17) is 0 Å². The predicted molar refractivity (Wildman–Crippen MR) is 71.8 cm³/mol. The van der Waals surface area contributed by atoms with Gasteiger partial charge in [0.1, 0.15) is 0 Å². The molecule has 96 valence electrons. The monoisotopic (exact) mass is 226 g/mol. The molecule has 0 amide bonds. The van der Waals surface area contributed by atoms with Crippen molar-refractivity contribution in [2.75, 3.05) is 26.7 Å². The third-order valence-corrected chi connectivity index (χ3v) is 3.54. The van der Waals surface area contributed by atoms with Crippen LogP contribution in [0.4, 0.5) is 0 Å². The molecule has 0 spiro atoms. The maximum absolute atomic E-state index is 3.54. The highest BCUT2D eigenvalue weighted by Crippen LogP contribution is 2.27. The highest BCUT2D eigenvalue weighted by Gasteiger charge is 2.15. The van der Waals surface area contributed by atoms with Crippen LogP contribution in [0.25, 0.3) is 0 Å². The van der Waals surface area contributed by atoms with E-state index in [9.17, 15) is 0 Å². The van der Waals surface area contributed by atoms with Gasteiger partial charge in [-0.1, -0.05) is 25.7 Å². The second-order valence-corrected chi connectivity index (χ2v) is 6.42. The minimum atomic E-state index is 0.256. The van der Waals surface area contributed by atoms with E-state index < -0.39 is 0 Å². The lowest BCUT2D eigenvalue weighted by Gasteiger charge is -2.24. The Bertz CT molecular complexity index is 178. The minimum Gasteiger partial charge on any atom is -0.311 e. The minimum absolute atomic E-state index is 0.256. The van der Waals surface area contributed by atoms with E-state index in [1.54, 1.807) is 0 Å². The van der Waals surface area contributed by atoms with Crippen molar-refractivity contribution in [1.29, 1.82) is 0 Å². The maximum Gasteiger partial charge on any atom is 0.0104 e. The van der Waals surface area contributed by atoms with Crippen molar-refractivity contribution in [1.82, 2.24) is 10.2 Å². The average molecular weight is 226 g/mol. The zero-order valence-corrected chi connectivity index (χ0v) is 11.7. The maximum atomic E-state index is 3.54. The molecule has 0 radical (unpaired) electrons. The van der Waals surface area contributed by atoms with Gasteiger partial charge in [-0.05, 0) is 46.7 Å². The van der Waals surface area contributed by atoms with Crippen molar-refractivity contribution in [2.45, 2.75) is 58.4 Å². The van der Waals surface area contributed by atoms with E-state index in [2.05, 4.69) is 38.0 Å². The third-order valence-electron chi connectivity index (χ3n) is 3.54. The molecule has 0 unspecified atom stereocenters. The molecule has 2 nitrogen and oxygen atoms in total. The molecule has 0 bridgehead atoms. The summed E-state index contributed by atoms with van der Waals surface area (Å²) in [5, 5.41) is 3.54. The topological polar surface area (TPSA) is 15.3 Å². The fourth-order valence-corrected chi connectivity index (χ4v) is 2.44. The second-order valence-electron chi connectivity index (χ2n) is 6.42. The summed E-state index contributed by atoms with van der Waals surface area (Å²) in [6, 6.07) is 0. The summed E-state index contributed by atoms with van der Waals surface area (Å²) >= 11 is 0. The largest absolute Gasteiger partial charge is 0.311 e. The van der Waals surface area contributed by atoms with Gasteiger partial charge in [0.25, 0.3) is 0 Å². The Labute approximate surface area is 102 Å². The first-order valence-corrected chi connectivity index (χ1v) is 6.91. The van der Waals surface area contributed by atoms with Crippen LogP contribution in [-0.4, -0.2) is 37.1 Å². The zero-order valence-electron chi connectivity index (χ0n) is 11.7. The summed E-state index contributed by atoms with van der Waals surface area (Å²) in [7, 11) is 2.25. The molecule has 0 aromatic rings. The Hall–Kier alpha value is -0.0800. The molecule has 0 saturated heterocycles. The van der Waals surface area contributed by atoms with Crippen LogP contribution in [0.1, 0.15) is 52.9 Å². The number of hydrogen-bond acceptors (Lipinski definition) is 2. The van der Waals surface area contributed by atoms with Crippen LogP contribution in [-0.2, 0) is 0 Å². The van der Waals surface area contributed by atoms with Gasteiger partial charge in [-0.25, -0.2) is 0 Å². The molecule has 0 heterocycles. The van der Waals surface area contributed by atoms with Crippen LogP contribution in [0.3, 0.4) is 0 Å². The first kappa shape index (κ1) is 14.0. The lowest BCUT2D eigenvalue weighted by atomic mass is 10.0. The molecule has 0 aromatic carbocycles. The number of nitrogens with zero attached hydrogens (tertiary/aromatic N) is 1. The van der Waals surface area contributed by atoms with Gasteiger partial charge in [0.05, 0.1) is 0 Å². The molecular formula is C14H30N2. The molecule has 1 N–H and O–H groups in total. The number of likely N-dealkylation sites (N-methyl/N-ethyl adjacent to an activating group) is 1. The molecule has 1 rings (SSSR count). The van der Waals surface area contributed by atoms with Crippen molar-refractivity contribution >= 4 is 0 Å². The number of hydrogen-bond donors (Lipinski definition) is 1. The molecule has 16 heavy (non-hydrogen) atoms. The van der Waals surface area contributed by atoms with E-state index in [1.165, 1.54) is 45.2 Å². The average Bonchev–Trinajstić information content (AvgIpc) is 2.65. The fraction of sp³-hybridized carbons (Fsp3) is 1.00. The van der Waals surface area contributed by atoms with E-state index in [0.717, 1.165) is 12.5 Å². The first-order chi connectivity index (χ1) is 7.47. The second kappa shape index (κ2) is 6.61. The number of nitrogens with one attached hydrogen (secondary N) is 1. The van der Waals surface area contributed by atoms with E-state index >= 15 is 0 Å². The van der Waals surface area contributed by atoms with E-state index in [1.807, 2.05) is 0 Å². The van der Waals surface area contributed by atoms with Crippen LogP contribution in [0.2, 0.25) is 0 Å². The molecule has 0 atom stereocenters. The normalized spacial score (nSPS) is 18.6. The molecular weight excluding hydrogens is 196 g/mol. The van der Waals surface area contributed by atoms with E-state index in [0.29, 0.717) is 0 Å². The Kier molecular flexibility index (Phi) is 5.77. The quantitative estimate of drug-likeness (QED) is 0.749. The van der Waals surface area contributed by atoms with Gasteiger partial charge in [0, 0.05) is 18.6 Å². The van der Waals surface area contributed by atoms with Crippen molar-refractivity contribution in [3.05, 3.63) is 0 Å². The molecule has 0 aliphatic heterocycles. The van der Waals surface area contributed by atoms with Gasteiger partial charge in [-0.2, -0.15) is 0 Å².